The molecule has 146 valence electrons. The number of anilines is 2. The van der Waals surface area contributed by atoms with E-state index in [4.69, 9.17) is 4.74 Å². The number of hydrazone groups is 1. The van der Waals surface area contributed by atoms with E-state index in [0.29, 0.717) is 6.54 Å². The third-order valence-corrected chi connectivity index (χ3v) is 5.21. The Morgan fingerprint density at radius 3 is 2.68 bits per heavy atom. The van der Waals surface area contributed by atoms with Crippen molar-refractivity contribution in [3.8, 4) is 0 Å². The van der Waals surface area contributed by atoms with Crippen molar-refractivity contribution in [1.29, 1.82) is 0 Å². The van der Waals surface area contributed by atoms with Crippen molar-refractivity contribution in [3.63, 3.8) is 0 Å². The Morgan fingerprint density at radius 1 is 1.07 bits per heavy atom. The highest BCUT2D eigenvalue weighted by molar-refractivity contribution is 5.85. The Kier molecular flexibility index (Phi) is 5.87. The van der Waals surface area contributed by atoms with Crippen LogP contribution in [0.15, 0.2) is 53.6 Å². The van der Waals surface area contributed by atoms with Gasteiger partial charge in [-0.25, -0.2) is 5.43 Å². The number of rotatable bonds is 5. The fraction of sp³-hybridized carbons (Fsp3) is 0.364. The second-order valence-electron chi connectivity index (χ2n) is 7.14. The number of amides is 1. The number of para-hydroxylation sites is 1. The quantitative estimate of drug-likeness (QED) is 0.641. The van der Waals surface area contributed by atoms with Crippen LogP contribution in [0.4, 0.5) is 11.4 Å². The lowest BCUT2D eigenvalue weighted by Crippen LogP contribution is -2.38. The molecule has 28 heavy (non-hydrogen) atoms. The SMILES string of the molecule is O=C(CN1CCCc2ccccc21)N/N=C\c1ccc(N2CCOCC2)cc1. The maximum Gasteiger partial charge on any atom is 0.259 e. The lowest BCUT2D eigenvalue weighted by atomic mass is 10.0. The van der Waals surface area contributed by atoms with Crippen molar-refractivity contribution in [2.75, 3.05) is 49.2 Å². The molecule has 6 heteroatoms. The normalized spacial score (nSPS) is 16.9. The number of carbonyl (C=O) groups is 1. The first-order chi connectivity index (χ1) is 13.8. The lowest BCUT2D eigenvalue weighted by molar-refractivity contribution is -0.119. The van der Waals surface area contributed by atoms with Gasteiger partial charge in [0, 0.05) is 31.0 Å². The molecule has 1 saturated heterocycles. The van der Waals surface area contributed by atoms with Gasteiger partial charge in [-0.3, -0.25) is 4.79 Å². The zero-order valence-electron chi connectivity index (χ0n) is 16.0. The van der Waals surface area contributed by atoms with Crippen LogP contribution in [0.2, 0.25) is 0 Å². The van der Waals surface area contributed by atoms with E-state index in [9.17, 15) is 4.79 Å². The van der Waals surface area contributed by atoms with Crippen LogP contribution in [0.1, 0.15) is 17.5 Å². The summed E-state index contributed by atoms with van der Waals surface area (Å²) >= 11 is 0. The lowest BCUT2D eigenvalue weighted by Gasteiger charge is -2.30. The van der Waals surface area contributed by atoms with E-state index in [1.807, 2.05) is 18.2 Å². The fourth-order valence-electron chi connectivity index (χ4n) is 3.76. The minimum Gasteiger partial charge on any atom is -0.378 e. The van der Waals surface area contributed by atoms with Crippen molar-refractivity contribution in [3.05, 3.63) is 59.7 Å². The Hall–Kier alpha value is -2.86. The molecule has 1 amide bonds. The van der Waals surface area contributed by atoms with Crippen LogP contribution in [-0.4, -0.2) is 51.5 Å². The van der Waals surface area contributed by atoms with Crippen LogP contribution >= 0.6 is 0 Å². The number of ether oxygens (including phenoxy) is 1. The summed E-state index contributed by atoms with van der Waals surface area (Å²) in [5, 5.41) is 4.12. The van der Waals surface area contributed by atoms with Crippen molar-refractivity contribution < 1.29 is 9.53 Å². The van der Waals surface area contributed by atoms with E-state index in [-0.39, 0.29) is 5.91 Å². The number of benzene rings is 2. The van der Waals surface area contributed by atoms with Gasteiger partial charge in [-0.1, -0.05) is 30.3 Å². The molecular formula is C22H26N4O2. The number of hydrogen-bond donors (Lipinski definition) is 1. The third kappa shape index (κ3) is 4.51. The molecule has 0 radical (unpaired) electrons. The Balaban J connectivity index is 1.29. The highest BCUT2D eigenvalue weighted by atomic mass is 16.5. The molecule has 2 aromatic rings. The van der Waals surface area contributed by atoms with Gasteiger partial charge in [-0.05, 0) is 42.2 Å². The number of fused-ring (bicyclic) bond motifs is 1. The molecule has 0 saturated carbocycles. The molecule has 0 spiro atoms. The van der Waals surface area contributed by atoms with Crippen molar-refractivity contribution in [1.82, 2.24) is 5.43 Å². The Labute approximate surface area is 165 Å². The second-order valence-corrected chi connectivity index (χ2v) is 7.14. The van der Waals surface area contributed by atoms with E-state index < -0.39 is 0 Å². The van der Waals surface area contributed by atoms with Crippen LogP contribution in [0.25, 0.3) is 0 Å². The van der Waals surface area contributed by atoms with Gasteiger partial charge in [0.05, 0.1) is 26.0 Å². The van der Waals surface area contributed by atoms with Gasteiger partial charge >= 0.3 is 0 Å². The van der Waals surface area contributed by atoms with Crippen LogP contribution in [-0.2, 0) is 16.0 Å². The van der Waals surface area contributed by atoms with Crippen LogP contribution in [0.5, 0.6) is 0 Å². The van der Waals surface area contributed by atoms with Gasteiger partial charge in [0.2, 0.25) is 0 Å². The average Bonchev–Trinajstić information content (AvgIpc) is 2.75. The summed E-state index contributed by atoms with van der Waals surface area (Å²) < 4.78 is 5.39. The first-order valence-corrected chi connectivity index (χ1v) is 9.87. The molecule has 2 aliphatic rings. The standard InChI is InChI=1S/C22H26N4O2/c27-22(17-26-11-3-5-19-4-1-2-6-21(19)26)24-23-16-18-7-9-20(10-8-18)25-12-14-28-15-13-25/h1-2,4,6-10,16H,3,5,11-15,17H2,(H,24,27)/b23-16-. The second kappa shape index (κ2) is 8.89. The number of nitrogens with zero attached hydrogens (tertiary/aromatic N) is 3. The molecular weight excluding hydrogens is 352 g/mol. The van der Waals surface area contributed by atoms with Crippen molar-refractivity contribution in [2.24, 2.45) is 5.10 Å². The van der Waals surface area contributed by atoms with E-state index in [0.717, 1.165) is 56.9 Å². The monoisotopic (exact) mass is 378 g/mol. The molecule has 0 aromatic heterocycles. The van der Waals surface area contributed by atoms with Crippen LogP contribution in [0.3, 0.4) is 0 Å². The minimum absolute atomic E-state index is 0.0992. The highest BCUT2D eigenvalue weighted by Crippen LogP contribution is 2.26. The first kappa shape index (κ1) is 18.5. The number of aryl methyl sites for hydroxylation is 1. The molecule has 0 bridgehead atoms. The highest BCUT2D eigenvalue weighted by Gasteiger charge is 2.18. The van der Waals surface area contributed by atoms with Gasteiger partial charge in [0.25, 0.3) is 5.91 Å². The molecule has 2 aliphatic heterocycles. The van der Waals surface area contributed by atoms with Gasteiger partial charge in [0.1, 0.15) is 0 Å². The van der Waals surface area contributed by atoms with Gasteiger partial charge in [-0.2, -0.15) is 5.10 Å². The molecule has 2 aromatic carbocycles. The topological polar surface area (TPSA) is 57.2 Å². The Bertz CT molecular complexity index is 829. The predicted octanol–water partition coefficient (Wildman–Crippen LogP) is 2.43. The third-order valence-electron chi connectivity index (χ3n) is 5.21. The van der Waals surface area contributed by atoms with E-state index in [2.05, 4.69) is 50.7 Å². The predicted molar refractivity (Wildman–Crippen MR) is 112 cm³/mol. The maximum atomic E-state index is 12.3. The van der Waals surface area contributed by atoms with Gasteiger partial charge in [-0.15, -0.1) is 0 Å². The minimum atomic E-state index is -0.0992. The molecule has 6 nitrogen and oxygen atoms in total. The van der Waals surface area contributed by atoms with Crippen LogP contribution < -0.4 is 15.2 Å². The van der Waals surface area contributed by atoms with Crippen LogP contribution in [0, 0.1) is 0 Å². The smallest absolute Gasteiger partial charge is 0.259 e. The largest absolute Gasteiger partial charge is 0.378 e. The zero-order chi connectivity index (χ0) is 19.2. The molecule has 1 N–H and O–H groups in total. The summed E-state index contributed by atoms with van der Waals surface area (Å²) in [5.41, 5.74) is 7.27. The number of hydrogen-bond acceptors (Lipinski definition) is 5. The average molecular weight is 378 g/mol. The Morgan fingerprint density at radius 2 is 1.86 bits per heavy atom. The van der Waals surface area contributed by atoms with Gasteiger partial charge < -0.3 is 14.5 Å². The van der Waals surface area contributed by atoms with E-state index in [1.54, 1.807) is 6.21 Å². The summed E-state index contributed by atoms with van der Waals surface area (Å²) in [6, 6.07) is 16.5. The molecule has 0 unspecified atom stereocenters. The summed E-state index contributed by atoms with van der Waals surface area (Å²) in [4.78, 5) is 16.7. The molecule has 2 heterocycles. The maximum absolute atomic E-state index is 12.3. The summed E-state index contributed by atoms with van der Waals surface area (Å²) in [7, 11) is 0. The van der Waals surface area contributed by atoms with E-state index in [1.165, 1.54) is 11.3 Å². The van der Waals surface area contributed by atoms with E-state index >= 15 is 0 Å². The molecule has 0 aliphatic carbocycles. The van der Waals surface area contributed by atoms with Crippen molar-refractivity contribution >= 4 is 23.5 Å². The summed E-state index contributed by atoms with van der Waals surface area (Å²) in [6.07, 6.45) is 3.83. The number of morpholine rings is 1. The summed E-state index contributed by atoms with van der Waals surface area (Å²) in [5.74, 6) is -0.0992. The number of carbonyl (C=O) groups excluding carboxylic acids is 1. The molecule has 0 atom stereocenters. The van der Waals surface area contributed by atoms with Gasteiger partial charge in [0.15, 0.2) is 0 Å². The molecule has 4 rings (SSSR count). The number of nitrogens with one attached hydrogen (secondary N) is 1. The zero-order valence-corrected chi connectivity index (χ0v) is 16.0. The summed E-state index contributed by atoms with van der Waals surface area (Å²) in [6.45, 7) is 4.61. The van der Waals surface area contributed by atoms with Crippen molar-refractivity contribution in [2.45, 2.75) is 12.8 Å². The molecule has 1 fully saturated rings. The first-order valence-electron chi connectivity index (χ1n) is 9.87. The fourth-order valence-corrected chi connectivity index (χ4v) is 3.76.